The van der Waals surface area contributed by atoms with Crippen molar-refractivity contribution in [2.75, 3.05) is 6.54 Å². The number of alkyl halides is 3. The van der Waals surface area contributed by atoms with E-state index in [2.05, 4.69) is 0 Å². The molecule has 1 saturated heterocycles. The van der Waals surface area contributed by atoms with E-state index in [1.54, 1.807) is 0 Å². The second kappa shape index (κ2) is 5.36. The summed E-state index contributed by atoms with van der Waals surface area (Å²) in [6.45, 7) is -0.304. The van der Waals surface area contributed by atoms with Crippen LogP contribution < -0.4 is 0 Å². The third-order valence-corrected chi connectivity index (χ3v) is 3.29. The number of rotatable bonds is 2. The molecule has 2 atom stereocenters. The van der Waals surface area contributed by atoms with Crippen molar-refractivity contribution in [1.29, 1.82) is 0 Å². The van der Waals surface area contributed by atoms with Crippen LogP contribution in [0.2, 0.25) is 0 Å². The number of carboxylic acid groups (broad SMARTS) is 1. The zero-order valence-corrected chi connectivity index (χ0v) is 10.7. The van der Waals surface area contributed by atoms with E-state index in [-0.39, 0.29) is 13.0 Å². The van der Waals surface area contributed by atoms with Gasteiger partial charge in [0.2, 0.25) is 0 Å². The van der Waals surface area contributed by atoms with Crippen LogP contribution in [0.25, 0.3) is 0 Å². The van der Waals surface area contributed by atoms with Crippen LogP contribution in [0.1, 0.15) is 22.3 Å². The average molecular weight is 303 g/mol. The molecule has 5 nitrogen and oxygen atoms in total. The number of hydrogen-bond acceptors (Lipinski definition) is 3. The highest BCUT2D eigenvalue weighted by Crippen LogP contribution is 2.33. The number of amides is 1. The van der Waals surface area contributed by atoms with Crippen LogP contribution in [0.5, 0.6) is 0 Å². The largest absolute Gasteiger partial charge is 0.480 e. The number of β-amino-alcohol motifs (C(OH)–C–C–N with tert-alkyl or cyclic N) is 1. The summed E-state index contributed by atoms with van der Waals surface area (Å²) in [4.78, 5) is 24.0. The second-order valence-electron chi connectivity index (χ2n) is 4.74. The molecule has 114 valence electrons. The number of hydrogen-bond donors (Lipinski definition) is 2. The Morgan fingerprint density at radius 1 is 1.24 bits per heavy atom. The van der Waals surface area contributed by atoms with Crippen LogP contribution in [0.15, 0.2) is 24.3 Å². The lowest BCUT2D eigenvalue weighted by Gasteiger charge is -2.23. The molecule has 2 N–H and O–H groups in total. The predicted octanol–water partition coefficient (Wildman–Crippen LogP) is 1.37. The van der Waals surface area contributed by atoms with Crippen molar-refractivity contribution in [2.24, 2.45) is 0 Å². The maximum absolute atomic E-state index is 12.9. The normalized spacial score (nSPS) is 22.4. The van der Waals surface area contributed by atoms with Crippen LogP contribution >= 0.6 is 0 Å². The lowest BCUT2D eigenvalue weighted by molar-refractivity contribution is -0.141. The molecule has 1 aromatic rings. The summed E-state index contributed by atoms with van der Waals surface area (Å²) in [5.41, 5.74) is -1.74. The van der Waals surface area contributed by atoms with Crippen molar-refractivity contribution in [3.63, 3.8) is 0 Å². The molecule has 0 aromatic heterocycles. The van der Waals surface area contributed by atoms with Gasteiger partial charge in [0, 0.05) is 13.0 Å². The van der Waals surface area contributed by atoms with Crippen molar-refractivity contribution in [2.45, 2.75) is 24.7 Å². The van der Waals surface area contributed by atoms with E-state index < -0.39 is 41.3 Å². The highest BCUT2D eigenvalue weighted by Gasteiger charge is 2.42. The molecule has 1 heterocycles. The van der Waals surface area contributed by atoms with Gasteiger partial charge in [-0.25, -0.2) is 4.79 Å². The molecule has 0 saturated carbocycles. The first-order valence-corrected chi connectivity index (χ1v) is 6.10. The van der Waals surface area contributed by atoms with E-state index in [1.807, 2.05) is 0 Å². The summed E-state index contributed by atoms with van der Waals surface area (Å²) in [7, 11) is 0. The number of carboxylic acids is 1. The van der Waals surface area contributed by atoms with E-state index in [1.165, 1.54) is 6.07 Å². The molecule has 1 aliphatic rings. The number of benzene rings is 1. The molecule has 8 heteroatoms. The molecular weight excluding hydrogens is 291 g/mol. The van der Waals surface area contributed by atoms with Gasteiger partial charge in [-0.05, 0) is 12.1 Å². The summed E-state index contributed by atoms with van der Waals surface area (Å²) in [5, 5.41) is 18.5. The molecule has 1 aromatic carbocycles. The maximum atomic E-state index is 12.9. The molecule has 0 spiro atoms. The Labute approximate surface area is 117 Å². The number of halogens is 3. The van der Waals surface area contributed by atoms with Gasteiger partial charge in [0.15, 0.2) is 0 Å². The van der Waals surface area contributed by atoms with E-state index in [4.69, 9.17) is 5.11 Å². The fourth-order valence-corrected chi connectivity index (χ4v) is 2.34. The maximum Gasteiger partial charge on any atom is 0.417 e. The van der Waals surface area contributed by atoms with Crippen LogP contribution in [-0.4, -0.2) is 45.7 Å². The lowest BCUT2D eigenvalue weighted by Crippen LogP contribution is -2.41. The topological polar surface area (TPSA) is 77.8 Å². The van der Waals surface area contributed by atoms with Crippen molar-refractivity contribution in [3.8, 4) is 0 Å². The number of nitrogens with zero attached hydrogens (tertiary/aromatic N) is 1. The molecular formula is C13H12F3NO4. The highest BCUT2D eigenvalue weighted by molar-refractivity contribution is 5.98. The minimum atomic E-state index is -4.72. The zero-order chi connectivity index (χ0) is 15.8. The summed E-state index contributed by atoms with van der Waals surface area (Å²) in [6.07, 6.45) is -5.98. The Morgan fingerprint density at radius 2 is 1.86 bits per heavy atom. The molecule has 1 amide bonds. The predicted molar refractivity (Wildman–Crippen MR) is 64.5 cm³/mol. The standard InChI is InChI=1S/C13H12F3NO4/c14-13(15,16)9-4-2-1-3-8(9)11(19)17-6-7(18)5-10(17)12(20)21/h1-4,7,10,18H,5-6H2,(H,20,21)/t7-,10-/m1/s1. The highest BCUT2D eigenvalue weighted by atomic mass is 19.4. The first kappa shape index (κ1) is 15.3. The fraction of sp³-hybridized carbons (Fsp3) is 0.385. The Hall–Kier alpha value is -2.09. The fourth-order valence-electron chi connectivity index (χ4n) is 2.34. The smallest absolute Gasteiger partial charge is 0.417 e. The second-order valence-corrected chi connectivity index (χ2v) is 4.74. The zero-order valence-electron chi connectivity index (χ0n) is 10.7. The summed E-state index contributed by atoms with van der Waals surface area (Å²) in [5.74, 6) is -2.41. The summed E-state index contributed by atoms with van der Waals surface area (Å²) < 4.78 is 38.7. The van der Waals surface area contributed by atoms with Crippen LogP contribution in [0, 0.1) is 0 Å². The van der Waals surface area contributed by atoms with Gasteiger partial charge in [-0.1, -0.05) is 12.1 Å². The molecule has 1 aliphatic heterocycles. The van der Waals surface area contributed by atoms with Crippen molar-refractivity contribution in [1.82, 2.24) is 4.90 Å². The van der Waals surface area contributed by atoms with Gasteiger partial charge < -0.3 is 15.1 Å². The SMILES string of the molecule is O=C(O)[C@H]1C[C@@H](O)CN1C(=O)c1ccccc1C(F)(F)F. The van der Waals surface area contributed by atoms with Crippen molar-refractivity contribution >= 4 is 11.9 Å². The van der Waals surface area contributed by atoms with Gasteiger partial charge in [0.25, 0.3) is 5.91 Å². The van der Waals surface area contributed by atoms with Gasteiger partial charge in [-0.15, -0.1) is 0 Å². The minimum absolute atomic E-state index is 0.199. The van der Waals surface area contributed by atoms with Crippen molar-refractivity contribution < 1.29 is 33.0 Å². The molecule has 1 fully saturated rings. The Balaban J connectivity index is 2.39. The van der Waals surface area contributed by atoms with E-state index >= 15 is 0 Å². The van der Waals surface area contributed by atoms with E-state index in [0.29, 0.717) is 0 Å². The quantitative estimate of drug-likeness (QED) is 0.865. The molecule has 0 bridgehead atoms. The minimum Gasteiger partial charge on any atom is -0.480 e. The van der Waals surface area contributed by atoms with Gasteiger partial charge in [-0.2, -0.15) is 13.2 Å². The Kier molecular flexibility index (Phi) is 3.91. The third kappa shape index (κ3) is 2.99. The molecule has 0 radical (unpaired) electrons. The molecule has 2 rings (SSSR count). The lowest BCUT2D eigenvalue weighted by atomic mass is 10.1. The van der Waals surface area contributed by atoms with Crippen molar-refractivity contribution in [3.05, 3.63) is 35.4 Å². The molecule has 0 aliphatic carbocycles. The molecule has 21 heavy (non-hydrogen) atoms. The third-order valence-electron chi connectivity index (χ3n) is 3.29. The van der Waals surface area contributed by atoms with Gasteiger partial charge >= 0.3 is 12.1 Å². The number of carbonyl (C=O) groups is 2. The van der Waals surface area contributed by atoms with Gasteiger partial charge in [0.05, 0.1) is 17.2 Å². The Bertz CT molecular complexity index is 573. The summed E-state index contributed by atoms with van der Waals surface area (Å²) in [6, 6.07) is 2.84. The number of aliphatic hydroxyl groups excluding tert-OH is 1. The van der Waals surface area contributed by atoms with Crippen LogP contribution in [0.3, 0.4) is 0 Å². The number of aliphatic carboxylic acids is 1. The first-order valence-electron chi connectivity index (χ1n) is 6.10. The van der Waals surface area contributed by atoms with Crippen LogP contribution in [-0.2, 0) is 11.0 Å². The monoisotopic (exact) mass is 303 g/mol. The number of likely N-dealkylation sites (tertiary alicyclic amines) is 1. The average Bonchev–Trinajstić information content (AvgIpc) is 2.79. The van der Waals surface area contributed by atoms with Gasteiger partial charge in [0.1, 0.15) is 6.04 Å². The number of aliphatic hydroxyl groups is 1. The van der Waals surface area contributed by atoms with Gasteiger partial charge in [-0.3, -0.25) is 4.79 Å². The van der Waals surface area contributed by atoms with E-state index in [9.17, 15) is 27.9 Å². The summed E-state index contributed by atoms with van der Waals surface area (Å²) >= 11 is 0. The van der Waals surface area contributed by atoms with Crippen LogP contribution in [0.4, 0.5) is 13.2 Å². The Morgan fingerprint density at radius 3 is 2.43 bits per heavy atom. The number of carbonyl (C=O) groups excluding carboxylic acids is 1. The first-order chi connectivity index (χ1) is 9.71. The van der Waals surface area contributed by atoms with E-state index in [0.717, 1.165) is 23.1 Å². The molecule has 0 unspecified atom stereocenters.